The molecular weight excluding hydrogens is 446 g/mol. The van der Waals surface area contributed by atoms with Crippen molar-refractivity contribution in [3.05, 3.63) is 133 Å². The third-order valence-corrected chi connectivity index (χ3v) is 9.35. The van der Waals surface area contributed by atoms with Gasteiger partial charge in [0.2, 0.25) is 0 Å². The summed E-state index contributed by atoms with van der Waals surface area (Å²) < 4.78 is 0. The van der Waals surface area contributed by atoms with Gasteiger partial charge in [0.1, 0.15) is 0 Å². The molecule has 0 N–H and O–H groups in total. The molecule has 0 fully saturated rings. The summed E-state index contributed by atoms with van der Waals surface area (Å²) in [6.45, 7) is 0. The fraction of sp³-hybridized carbons (Fsp3) is 0. The van der Waals surface area contributed by atoms with Crippen LogP contribution in [0.2, 0.25) is 0 Å². The minimum Gasteiger partial charge on any atom is -0.105 e. The van der Waals surface area contributed by atoms with Gasteiger partial charge >= 0.3 is 0 Å². The molecule has 34 heavy (non-hydrogen) atoms. The van der Waals surface area contributed by atoms with Crippen molar-refractivity contribution in [1.82, 2.24) is 0 Å². The second-order valence-corrected chi connectivity index (χ2v) is 11.2. The smallest absolute Gasteiger partial charge is 0.000926 e. The fourth-order valence-corrected chi connectivity index (χ4v) is 7.73. The maximum atomic E-state index is 3.00. The summed E-state index contributed by atoms with van der Waals surface area (Å²) in [7, 11) is 2.26. The van der Waals surface area contributed by atoms with Crippen LogP contribution in [0.1, 0.15) is 0 Å². The lowest BCUT2D eigenvalue weighted by atomic mass is 9.94. The molecule has 0 aliphatic rings. The molecule has 162 valence electrons. The van der Waals surface area contributed by atoms with Crippen LogP contribution < -0.4 is 21.2 Å². The second kappa shape index (κ2) is 9.15. The summed E-state index contributed by atoms with van der Waals surface area (Å²) in [5.41, 5.74) is 2.66. The predicted molar refractivity (Wildman–Crippen MR) is 155 cm³/mol. The van der Waals surface area contributed by atoms with Crippen LogP contribution in [-0.2, 0) is 0 Å². The average molecular weight is 470 g/mol. The van der Waals surface area contributed by atoms with E-state index in [-0.39, 0.29) is 0 Å². The molecule has 1 atom stereocenters. The van der Waals surface area contributed by atoms with Crippen molar-refractivity contribution in [2.45, 2.75) is 0 Å². The molecule has 6 rings (SSSR count). The van der Waals surface area contributed by atoms with Crippen molar-refractivity contribution >= 4 is 59.9 Å². The van der Waals surface area contributed by atoms with Crippen molar-refractivity contribution in [1.29, 1.82) is 0 Å². The molecule has 0 radical (unpaired) electrons. The molecule has 2 heteroatoms. The summed E-state index contributed by atoms with van der Waals surface area (Å²) in [5.74, 6) is 0. The summed E-state index contributed by atoms with van der Waals surface area (Å²) in [6, 6.07) is 48.7. The Morgan fingerprint density at radius 2 is 0.882 bits per heavy atom. The third-order valence-electron chi connectivity index (χ3n) is 6.39. The van der Waals surface area contributed by atoms with E-state index >= 15 is 0 Å². The molecule has 6 aromatic rings. The first-order valence-electron chi connectivity index (χ1n) is 11.5. The van der Waals surface area contributed by atoms with Crippen molar-refractivity contribution < 1.29 is 0 Å². The largest absolute Gasteiger partial charge is 0.105 e. The molecule has 0 amide bonds. The van der Waals surface area contributed by atoms with Gasteiger partial charge in [0.05, 0.1) is 0 Å². The van der Waals surface area contributed by atoms with E-state index < -0.39 is 7.92 Å². The first-order chi connectivity index (χ1) is 16.8. The van der Waals surface area contributed by atoms with Gasteiger partial charge in [-0.2, -0.15) is 0 Å². The van der Waals surface area contributed by atoms with Gasteiger partial charge < -0.3 is 0 Å². The Bertz CT molecular complexity index is 1570. The van der Waals surface area contributed by atoms with Crippen LogP contribution in [0.25, 0.3) is 32.7 Å². The quantitative estimate of drug-likeness (QED) is 0.245. The normalized spacial score (nSPS) is 11.4. The number of fused-ring (bicyclic) bond motifs is 2. The van der Waals surface area contributed by atoms with Gasteiger partial charge in [0, 0.05) is 0 Å². The molecule has 6 aromatic carbocycles. The molecule has 0 heterocycles. The van der Waals surface area contributed by atoms with Crippen LogP contribution in [0.5, 0.6) is 0 Å². The lowest BCUT2D eigenvalue weighted by molar-refractivity contribution is 1.72. The standard InChI is InChI=1S/C32H24P2/c33-29-21-19-23-11-7-9-17-27(23)31(29)32-28-18-10-8-12-24(28)20-22-30(32)34(25-13-3-1-4-14-25)26-15-5-2-6-16-26/h1-22H,33H2. The monoisotopic (exact) mass is 470 g/mol. The van der Waals surface area contributed by atoms with Gasteiger partial charge in [-0.3, -0.25) is 0 Å². The van der Waals surface area contributed by atoms with Crippen molar-refractivity contribution in [2.24, 2.45) is 0 Å². The van der Waals surface area contributed by atoms with Crippen LogP contribution in [-0.4, -0.2) is 0 Å². The zero-order valence-electron chi connectivity index (χ0n) is 18.7. The topological polar surface area (TPSA) is 0 Å². The van der Waals surface area contributed by atoms with E-state index in [0.717, 1.165) is 0 Å². The molecule has 1 unspecified atom stereocenters. The molecule has 0 saturated heterocycles. The zero-order chi connectivity index (χ0) is 22.9. The number of hydrogen-bond acceptors (Lipinski definition) is 0. The molecule has 0 aromatic heterocycles. The third kappa shape index (κ3) is 3.74. The highest BCUT2D eigenvalue weighted by Gasteiger charge is 2.23. The average Bonchev–Trinajstić information content (AvgIpc) is 2.90. The highest BCUT2D eigenvalue weighted by atomic mass is 31.1. The van der Waals surface area contributed by atoms with E-state index in [0.29, 0.717) is 0 Å². The molecule has 0 bridgehead atoms. The summed E-state index contributed by atoms with van der Waals surface area (Å²) in [4.78, 5) is 0. The maximum absolute atomic E-state index is 3.00. The molecule has 0 aliphatic heterocycles. The second-order valence-electron chi connectivity index (χ2n) is 8.44. The Kier molecular flexibility index (Phi) is 5.72. The summed E-state index contributed by atoms with van der Waals surface area (Å²) in [6.07, 6.45) is 0. The van der Waals surface area contributed by atoms with Crippen LogP contribution in [0.4, 0.5) is 0 Å². The Morgan fingerprint density at radius 1 is 0.412 bits per heavy atom. The van der Waals surface area contributed by atoms with E-state index in [9.17, 15) is 0 Å². The number of hydrogen-bond donors (Lipinski definition) is 0. The fourth-order valence-electron chi connectivity index (χ4n) is 4.86. The Labute approximate surface area is 204 Å². The van der Waals surface area contributed by atoms with Crippen molar-refractivity contribution in [2.75, 3.05) is 0 Å². The molecule has 0 nitrogen and oxygen atoms in total. The zero-order valence-corrected chi connectivity index (χ0v) is 20.8. The number of benzene rings is 6. The van der Waals surface area contributed by atoms with E-state index in [4.69, 9.17) is 0 Å². The van der Waals surface area contributed by atoms with Gasteiger partial charge in [-0.1, -0.05) is 133 Å². The van der Waals surface area contributed by atoms with Crippen molar-refractivity contribution in [3.8, 4) is 11.1 Å². The predicted octanol–water partition coefficient (Wildman–Crippen LogP) is 6.92. The van der Waals surface area contributed by atoms with Crippen LogP contribution in [0.15, 0.2) is 133 Å². The van der Waals surface area contributed by atoms with Gasteiger partial charge in [-0.05, 0) is 61.8 Å². The van der Waals surface area contributed by atoms with Crippen LogP contribution in [0.3, 0.4) is 0 Å². The van der Waals surface area contributed by atoms with E-state index in [2.05, 4.69) is 143 Å². The van der Waals surface area contributed by atoms with Gasteiger partial charge in [-0.25, -0.2) is 0 Å². The minimum atomic E-state index is -0.741. The molecular formula is C32H24P2. The Hall–Kier alpha value is -3.30. The highest BCUT2D eigenvalue weighted by Crippen LogP contribution is 2.41. The van der Waals surface area contributed by atoms with Gasteiger partial charge in [0.25, 0.3) is 0 Å². The first-order valence-corrected chi connectivity index (χ1v) is 13.4. The lowest BCUT2D eigenvalue weighted by Gasteiger charge is -2.25. The molecule has 0 aliphatic carbocycles. The minimum absolute atomic E-state index is 0.741. The van der Waals surface area contributed by atoms with Crippen LogP contribution in [0, 0.1) is 0 Å². The van der Waals surface area contributed by atoms with Crippen LogP contribution >= 0.6 is 17.2 Å². The lowest BCUT2D eigenvalue weighted by Crippen LogP contribution is -2.23. The van der Waals surface area contributed by atoms with E-state index in [1.165, 1.54) is 53.9 Å². The molecule has 0 saturated carbocycles. The Morgan fingerprint density at radius 3 is 1.47 bits per heavy atom. The highest BCUT2D eigenvalue weighted by molar-refractivity contribution is 7.80. The van der Waals surface area contributed by atoms with Crippen molar-refractivity contribution in [3.63, 3.8) is 0 Å². The molecule has 0 spiro atoms. The number of rotatable bonds is 4. The summed E-state index contributed by atoms with van der Waals surface area (Å²) in [5, 5.41) is 10.5. The van der Waals surface area contributed by atoms with E-state index in [1.807, 2.05) is 0 Å². The SMILES string of the molecule is Pc1ccc2ccccc2c1-c1c(P(c2ccccc2)c2ccccc2)ccc2ccccc12. The summed E-state index contributed by atoms with van der Waals surface area (Å²) >= 11 is 0. The van der Waals surface area contributed by atoms with Gasteiger partial charge in [-0.15, -0.1) is 9.24 Å². The van der Waals surface area contributed by atoms with Gasteiger partial charge in [0.15, 0.2) is 0 Å². The first kappa shape index (κ1) is 21.2. The van der Waals surface area contributed by atoms with E-state index in [1.54, 1.807) is 0 Å². The Balaban J connectivity index is 1.76. The maximum Gasteiger partial charge on any atom is -0.000926 e.